The van der Waals surface area contributed by atoms with Crippen LogP contribution in [0.25, 0.3) is 0 Å². The van der Waals surface area contributed by atoms with Gasteiger partial charge in [-0.25, -0.2) is 0 Å². The average molecular weight is 528 g/mol. The van der Waals surface area contributed by atoms with E-state index in [0.717, 1.165) is 0 Å². The van der Waals surface area contributed by atoms with Crippen LogP contribution in [-0.4, -0.2) is 101 Å². The SMILES string of the molecule is CN[C@@H](CC(C)C)C(=O)N1CCC[C@H]1C(=O)N[C@@H](CCC(=O)O)C(=O)N[C@H](C(=O)NCC(C)=O)C(C)O. The third-order valence-corrected chi connectivity index (χ3v) is 6.05. The normalized spacial score (nSPS) is 18.5. The third kappa shape index (κ3) is 10.4. The lowest BCUT2D eigenvalue weighted by atomic mass is 10.0. The largest absolute Gasteiger partial charge is 0.481 e. The highest BCUT2D eigenvalue weighted by Gasteiger charge is 2.38. The second-order valence-electron chi connectivity index (χ2n) is 9.80. The van der Waals surface area contributed by atoms with Gasteiger partial charge in [0, 0.05) is 13.0 Å². The third-order valence-electron chi connectivity index (χ3n) is 6.05. The molecule has 0 bridgehead atoms. The second-order valence-corrected chi connectivity index (χ2v) is 9.80. The molecule has 37 heavy (non-hydrogen) atoms. The number of carbonyl (C=O) groups excluding carboxylic acids is 5. The van der Waals surface area contributed by atoms with Gasteiger partial charge < -0.3 is 36.4 Å². The number of hydrogen-bond acceptors (Lipinski definition) is 8. The number of aliphatic hydroxyl groups excluding tert-OH is 1. The number of carbonyl (C=O) groups is 6. The summed E-state index contributed by atoms with van der Waals surface area (Å²) in [5.41, 5.74) is 0. The quantitative estimate of drug-likeness (QED) is 0.147. The first-order valence-electron chi connectivity index (χ1n) is 12.5. The fourth-order valence-corrected chi connectivity index (χ4v) is 4.10. The van der Waals surface area contributed by atoms with Gasteiger partial charge in [0.05, 0.1) is 18.7 Å². The van der Waals surface area contributed by atoms with Crippen molar-refractivity contribution >= 4 is 35.4 Å². The summed E-state index contributed by atoms with van der Waals surface area (Å²) in [6, 6.07) is -4.08. The molecule has 0 aromatic rings. The fourth-order valence-electron chi connectivity index (χ4n) is 4.10. The van der Waals surface area contributed by atoms with Crippen LogP contribution in [0.1, 0.15) is 59.8 Å². The molecule has 1 aliphatic heterocycles. The number of aliphatic carboxylic acids is 1. The molecule has 1 unspecified atom stereocenters. The molecule has 1 aliphatic rings. The lowest BCUT2D eigenvalue weighted by molar-refractivity contribution is -0.141. The molecule has 1 rings (SSSR count). The summed E-state index contributed by atoms with van der Waals surface area (Å²) in [7, 11) is 1.67. The standard InChI is InChI=1S/C24H41N5O8/c1-13(2)11-17(25-5)24(37)29-10-6-7-18(29)22(35)27-16(8-9-19(32)33)21(34)28-20(15(4)31)23(36)26-12-14(3)30/h13,15-18,20,25,31H,6-12H2,1-5H3,(H,26,36)(H,27,35)(H,28,34)(H,32,33)/t15?,16-,17-,18-,20-/m0/s1. The Hall–Kier alpha value is -3.06. The maximum atomic E-state index is 13.2. The van der Waals surface area contributed by atoms with Gasteiger partial charge in [-0.2, -0.15) is 0 Å². The number of likely N-dealkylation sites (N-methyl/N-ethyl adjacent to an activating group) is 1. The van der Waals surface area contributed by atoms with E-state index in [1.165, 1.54) is 18.7 Å². The van der Waals surface area contributed by atoms with Gasteiger partial charge in [0.1, 0.15) is 23.9 Å². The number of hydrogen-bond donors (Lipinski definition) is 6. The summed E-state index contributed by atoms with van der Waals surface area (Å²) in [6.07, 6.45) is -0.509. The number of rotatable bonds is 15. The van der Waals surface area contributed by atoms with Gasteiger partial charge in [-0.05, 0) is 52.5 Å². The zero-order valence-electron chi connectivity index (χ0n) is 22.2. The van der Waals surface area contributed by atoms with Crippen LogP contribution < -0.4 is 21.3 Å². The Labute approximate surface area is 217 Å². The van der Waals surface area contributed by atoms with E-state index in [4.69, 9.17) is 5.11 Å². The number of nitrogens with one attached hydrogen (secondary N) is 4. The summed E-state index contributed by atoms with van der Waals surface area (Å²) < 4.78 is 0. The van der Waals surface area contributed by atoms with Crippen LogP contribution >= 0.6 is 0 Å². The van der Waals surface area contributed by atoms with Crippen molar-refractivity contribution in [3.05, 3.63) is 0 Å². The molecule has 1 heterocycles. The smallest absolute Gasteiger partial charge is 0.303 e. The number of likely N-dealkylation sites (tertiary alicyclic amines) is 1. The molecule has 0 aromatic heterocycles. The van der Waals surface area contributed by atoms with Crippen molar-refractivity contribution in [2.45, 2.75) is 90.1 Å². The minimum atomic E-state index is -1.44. The van der Waals surface area contributed by atoms with E-state index in [9.17, 15) is 33.9 Å². The molecule has 1 fully saturated rings. The maximum absolute atomic E-state index is 13.2. The number of ketones is 1. The van der Waals surface area contributed by atoms with Gasteiger partial charge in [-0.15, -0.1) is 0 Å². The number of carboxylic acid groups (broad SMARTS) is 1. The van der Waals surface area contributed by atoms with Crippen molar-refractivity contribution in [3.63, 3.8) is 0 Å². The zero-order valence-corrected chi connectivity index (χ0v) is 22.2. The molecule has 0 aliphatic carbocycles. The van der Waals surface area contributed by atoms with Crippen LogP contribution in [-0.2, 0) is 28.8 Å². The van der Waals surface area contributed by atoms with Crippen LogP contribution in [0.4, 0.5) is 0 Å². The molecule has 1 saturated heterocycles. The zero-order chi connectivity index (χ0) is 28.3. The monoisotopic (exact) mass is 527 g/mol. The van der Waals surface area contributed by atoms with Gasteiger partial charge in [-0.3, -0.25) is 28.8 Å². The summed E-state index contributed by atoms with van der Waals surface area (Å²) >= 11 is 0. The van der Waals surface area contributed by atoms with Gasteiger partial charge >= 0.3 is 5.97 Å². The van der Waals surface area contributed by atoms with Gasteiger partial charge in [0.2, 0.25) is 23.6 Å². The highest BCUT2D eigenvalue weighted by molar-refractivity contribution is 5.96. The molecule has 5 atom stereocenters. The molecule has 210 valence electrons. The van der Waals surface area contributed by atoms with E-state index in [1.54, 1.807) is 7.05 Å². The van der Waals surface area contributed by atoms with Crippen LogP contribution in [0.2, 0.25) is 0 Å². The molecule has 4 amide bonds. The van der Waals surface area contributed by atoms with Crippen molar-refractivity contribution in [1.29, 1.82) is 0 Å². The van der Waals surface area contributed by atoms with Crippen molar-refractivity contribution < 1.29 is 39.0 Å². The van der Waals surface area contributed by atoms with Crippen molar-refractivity contribution in [2.75, 3.05) is 20.1 Å². The molecule has 0 aromatic carbocycles. The Morgan fingerprint density at radius 2 is 1.65 bits per heavy atom. The maximum Gasteiger partial charge on any atom is 0.303 e. The summed E-state index contributed by atoms with van der Waals surface area (Å²) in [6.45, 7) is 6.57. The molecule has 0 saturated carbocycles. The fraction of sp³-hybridized carbons (Fsp3) is 0.750. The number of aliphatic hydroxyl groups is 1. The Morgan fingerprint density at radius 1 is 1.00 bits per heavy atom. The minimum Gasteiger partial charge on any atom is -0.481 e. The lowest BCUT2D eigenvalue weighted by Crippen LogP contribution is -2.59. The van der Waals surface area contributed by atoms with E-state index in [-0.39, 0.29) is 30.6 Å². The molecular formula is C24H41N5O8. The lowest BCUT2D eigenvalue weighted by Gasteiger charge is -2.30. The van der Waals surface area contributed by atoms with Gasteiger partial charge in [-0.1, -0.05) is 13.8 Å². The molecular weight excluding hydrogens is 486 g/mol. The van der Waals surface area contributed by atoms with E-state index < -0.39 is 60.4 Å². The Kier molecular flexibility index (Phi) is 13.2. The predicted octanol–water partition coefficient (Wildman–Crippen LogP) is -1.47. The van der Waals surface area contributed by atoms with E-state index in [2.05, 4.69) is 21.3 Å². The number of Topliss-reactive ketones (excluding diaryl/α,β-unsaturated/α-hetero) is 1. The van der Waals surface area contributed by atoms with E-state index in [1.807, 2.05) is 13.8 Å². The Morgan fingerprint density at radius 3 is 2.16 bits per heavy atom. The molecule has 13 nitrogen and oxygen atoms in total. The molecule has 0 radical (unpaired) electrons. The highest BCUT2D eigenvalue weighted by atomic mass is 16.4. The predicted molar refractivity (Wildman–Crippen MR) is 133 cm³/mol. The van der Waals surface area contributed by atoms with Crippen LogP contribution in [0.3, 0.4) is 0 Å². The summed E-state index contributed by atoms with van der Waals surface area (Å²) in [5.74, 6) is -3.79. The summed E-state index contributed by atoms with van der Waals surface area (Å²) in [5, 5.41) is 29.2. The molecule has 0 spiro atoms. The number of carboxylic acids is 1. The van der Waals surface area contributed by atoms with Crippen LogP contribution in [0, 0.1) is 5.92 Å². The number of amides is 4. The van der Waals surface area contributed by atoms with Crippen molar-refractivity contribution in [3.8, 4) is 0 Å². The van der Waals surface area contributed by atoms with Gasteiger partial charge in [0.25, 0.3) is 0 Å². The van der Waals surface area contributed by atoms with Crippen LogP contribution in [0.5, 0.6) is 0 Å². The van der Waals surface area contributed by atoms with E-state index >= 15 is 0 Å². The first kappa shape index (κ1) is 32.0. The molecule has 13 heteroatoms. The highest BCUT2D eigenvalue weighted by Crippen LogP contribution is 2.21. The average Bonchev–Trinajstić information content (AvgIpc) is 3.30. The minimum absolute atomic E-state index is 0.225. The first-order chi connectivity index (χ1) is 17.3. The topological polar surface area (TPSA) is 194 Å². The van der Waals surface area contributed by atoms with Gasteiger partial charge in [0.15, 0.2) is 0 Å². The van der Waals surface area contributed by atoms with Crippen LogP contribution in [0.15, 0.2) is 0 Å². The summed E-state index contributed by atoms with van der Waals surface area (Å²) in [4.78, 5) is 75.4. The Balaban J connectivity index is 3.02. The number of nitrogens with zero attached hydrogens (tertiary/aromatic N) is 1. The second kappa shape index (κ2) is 15.3. The Bertz CT molecular complexity index is 847. The van der Waals surface area contributed by atoms with Crippen molar-refractivity contribution in [2.24, 2.45) is 5.92 Å². The molecule has 6 N–H and O–H groups in total. The first-order valence-corrected chi connectivity index (χ1v) is 12.5. The van der Waals surface area contributed by atoms with Crippen molar-refractivity contribution in [1.82, 2.24) is 26.2 Å². The van der Waals surface area contributed by atoms with E-state index in [0.29, 0.717) is 25.8 Å².